The molecular formula is C20H23ClLiN3O2S. The van der Waals surface area contributed by atoms with E-state index in [1.807, 2.05) is 18.2 Å². The van der Waals surface area contributed by atoms with Gasteiger partial charge in [0.1, 0.15) is 0 Å². The Hall–Kier alpha value is -1.42. The van der Waals surface area contributed by atoms with Crippen LogP contribution in [-0.4, -0.2) is 35.1 Å². The summed E-state index contributed by atoms with van der Waals surface area (Å²) >= 11 is 7.35. The van der Waals surface area contributed by atoms with Crippen molar-refractivity contribution >= 4 is 39.0 Å². The average Bonchev–Trinajstić information content (AvgIpc) is 3.04. The minimum atomic E-state index is -0.347. The molecule has 2 heterocycles. The van der Waals surface area contributed by atoms with Crippen LogP contribution in [0.4, 0.5) is 0 Å². The molecule has 0 amide bonds. The molecule has 0 aliphatic rings. The number of fused-ring (bicyclic) bond motifs is 1. The quantitative estimate of drug-likeness (QED) is 0.376. The Kier molecular flexibility index (Phi) is 10.2. The van der Waals surface area contributed by atoms with E-state index in [1.54, 1.807) is 29.7 Å². The van der Waals surface area contributed by atoms with E-state index in [0.717, 1.165) is 20.7 Å². The number of methoxy groups -OCH3 is 1. The molecule has 0 atom stereocenters. The van der Waals surface area contributed by atoms with Crippen LogP contribution in [0.15, 0.2) is 36.5 Å². The van der Waals surface area contributed by atoms with Crippen molar-refractivity contribution < 1.29 is 28.4 Å². The predicted molar refractivity (Wildman–Crippen MR) is 113 cm³/mol. The number of aromatic nitrogens is 2. The Morgan fingerprint density at radius 3 is 2.39 bits per heavy atom. The minimum Gasteiger partial charge on any atom is -0.658 e. The summed E-state index contributed by atoms with van der Waals surface area (Å²) in [4.78, 5) is 20.7. The zero-order valence-corrected chi connectivity index (χ0v) is 18.6. The van der Waals surface area contributed by atoms with Gasteiger partial charge in [0.15, 0.2) is 0 Å². The molecule has 0 N–H and O–H groups in total. The molecule has 28 heavy (non-hydrogen) atoms. The number of esters is 1. The van der Waals surface area contributed by atoms with E-state index < -0.39 is 0 Å². The minimum absolute atomic E-state index is 0. The molecule has 5 nitrogen and oxygen atoms in total. The first-order chi connectivity index (χ1) is 12.8. The summed E-state index contributed by atoms with van der Waals surface area (Å²) in [6.45, 7) is 8.39. The van der Waals surface area contributed by atoms with Crippen molar-refractivity contribution in [1.29, 1.82) is 0 Å². The SMILES string of the molecule is CC(C)[N-]C(C)C.COC(=O)c1cccc2sc(-c3ccnc(Cl)n3)cc12.[Li+]. The van der Waals surface area contributed by atoms with Crippen LogP contribution in [0.2, 0.25) is 5.28 Å². The normalized spacial score (nSPS) is 10.4. The second-order valence-electron chi connectivity index (χ2n) is 6.37. The van der Waals surface area contributed by atoms with Gasteiger partial charge in [-0.15, -0.1) is 23.4 Å². The molecule has 0 aliphatic heterocycles. The van der Waals surface area contributed by atoms with Crippen LogP contribution in [0.3, 0.4) is 0 Å². The van der Waals surface area contributed by atoms with Gasteiger partial charge in [-0.1, -0.05) is 33.8 Å². The van der Waals surface area contributed by atoms with Crippen molar-refractivity contribution in [1.82, 2.24) is 9.97 Å². The van der Waals surface area contributed by atoms with Gasteiger partial charge in [0, 0.05) is 16.3 Å². The van der Waals surface area contributed by atoms with E-state index in [-0.39, 0.29) is 30.1 Å². The van der Waals surface area contributed by atoms with Crippen LogP contribution in [0, 0.1) is 0 Å². The summed E-state index contributed by atoms with van der Waals surface area (Å²) in [5.41, 5.74) is 1.29. The third kappa shape index (κ3) is 6.88. The molecule has 8 heteroatoms. The van der Waals surface area contributed by atoms with Gasteiger partial charge in [0.05, 0.1) is 23.2 Å². The molecule has 0 radical (unpaired) electrons. The fourth-order valence-corrected chi connectivity index (χ4v) is 3.75. The maximum atomic E-state index is 11.8. The van der Waals surface area contributed by atoms with Crippen LogP contribution >= 0.6 is 22.9 Å². The molecule has 0 bridgehead atoms. The summed E-state index contributed by atoms with van der Waals surface area (Å²) in [5.74, 6) is -0.347. The summed E-state index contributed by atoms with van der Waals surface area (Å²) in [7, 11) is 1.37. The molecule has 0 fully saturated rings. The van der Waals surface area contributed by atoms with E-state index in [9.17, 15) is 4.79 Å². The zero-order valence-electron chi connectivity index (χ0n) is 17.1. The number of carbonyl (C=O) groups excluding carboxylic acids is 1. The van der Waals surface area contributed by atoms with Gasteiger partial charge < -0.3 is 10.1 Å². The van der Waals surface area contributed by atoms with E-state index in [0.29, 0.717) is 17.6 Å². The number of benzene rings is 1. The number of nitrogens with zero attached hydrogens (tertiary/aromatic N) is 3. The van der Waals surface area contributed by atoms with Crippen LogP contribution in [0.5, 0.6) is 0 Å². The Bertz CT molecular complexity index is 909. The third-order valence-electron chi connectivity index (χ3n) is 3.44. The van der Waals surface area contributed by atoms with Gasteiger partial charge in [0.25, 0.3) is 0 Å². The number of halogens is 1. The molecular weight excluding hydrogens is 389 g/mol. The summed E-state index contributed by atoms with van der Waals surface area (Å²) in [5, 5.41) is 5.34. The van der Waals surface area contributed by atoms with Gasteiger partial charge in [-0.25, -0.2) is 14.8 Å². The summed E-state index contributed by atoms with van der Waals surface area (Å²) in [6, 6.07) is 10.2. The molecule has 144 valence electrons. The number of carbonyl (C=O) groups is 1. The van der Waals surface area contributed by atoms with E-state index >= 15 is 0 Å². The van der Waals surface area contributed by atoms with Crippen molar-refractivity contribution in [2.75, 3.05) is 7.11 Å². The summed E-state index contributed by atoms with van der Waals surface area (Å²) in [6.07, 6.45) is 1.61. The van der Waals surface area contributed by atoms with E-state index in [2.05, 4.69) is 43.0 Å². The fourth-order valence-electron chi connectivity index (χ4n) is 2.54. The molecule has 0 saturated heterocycles. The zero-order chi connectivity index (χ0) is 20.0. The summed E-state index contributed by atoms with van der Waals surface area (Å²) < 4.78 is 5.80. The molecule has 0 aliphatic carbocycles. The molecule has 3 rings (SSSR count). The molecule has 0 spiro atoms. The van der Waals surface area contributed by atoms with Gasteiger partial charge in [-0.3, -0.25) is 0 Å². The Balaban J connectivity index is 0.000000425. The van der Waals surface area contributed by atoms with Crippen molar-refractivity contribution in [2.24, 2.45) is 0 Å². The predicted octanol–water partition coefficient (Wildman–Crippen LogP) is 2.98. The van der Waals surface area contributed by atoms with E-state index in [1.165, 1.54) is 7.11 Å². The van der Waals surface area contributed by atoms with Crippen LogP contribution in [0.1, 0.15) is 38.1 Å². The maximum Gasteiger partial charge on any atom is 1.00 e. The Morgan fingerprint density at radius 2 is 1.86 bits per heavy atom. The van der Waals surface area contributed by atoms with Crippen molar-refractivity contribution in [3.05, 3.63) is 52.7 Å². The average molecular weight is 412 g/mol. The Labute approximate surface area is 187 Å². The van der Waals surface area contributed by atoms with E-state index in [4.69, 9.17) is 16.3 Å². The number of thiophene rings is 1. The van der Waals surface area contributed by atoms with Gasteiger partial charge >= 0.3 is 24.8 Å². The topological polar surface area (TPSA) is 66.2 Å². The van der Waals surface area contributed by atoms with Crippen LogP contribution in [0.25, 0.3) is 26.0 Å². The third-order valence-corrected chi connectivity index (χ3v) is 4.75. The first-order valence-corrected chi connectivity index (χ1v) is 9.81. The second kappa shape index (κ2) is 11.5. The van der Waals surface area contributed by atoms with Gasteiger partial charge in [0.2, 0.25) is 5.28 Å². The molecule has 0 saturated carbocycles. The number of ether oxygens (including phenoxy) is 1. The van der Waals surface area contributed by atoms with Gasteiger partial charge in [-0.05, 0) is 35.9 Å². The largest absolute Gasteiger partial charge is 1.00 e. The fraction of sp³-hybridized carbons (Fsp3) is 0.350. The number of hydrogen-bond acceptors (Lipinski definition) is 5. The van der Waals surface area contributed by atoms with Crippen molar-refractivity contribution in [3.63, 3.8) is 0 Å². The smallest absolute Gasteiger partial charge is 0.658 e. The number of hydrogen-bond donors (Lipinski definition) is 0. The van der Waals surface area contributed by atoms with Crippen molar-refractivity contribution in [3.8, 4) is 10.6 Å². The first kappa shape index (κ1) is 24.6. The molecule has 2 aromatic heterocycles. The standard InChI is InChI=1S/C14H9ClN2O2S.C6H14N.Li/c1-19-13(18)8-3-2-4-11-9(8)7-12(20-11)10-5-6-16-14(15)17-10;1-5(2)7-6(3)4;/h2-7H,1H3;5-6H,1-4H3;/q;-1;+1. The maximum absolute atomic E-state index is 11.8. The second-order valence-corrected chi connectivity index (χ2v) is 7.79. The van der Waals surface area contributed by atoms with Crippen molar-refractivity contribution in [2.45, 2.75) is 39.8 Å². The van der Waals surface area contributed by atoms with Crippen LogP contribution in [-0.2, 0) is 4.74 Å². The van der Waals surface area contributed by atoms with Gasteiger partial charge in [-0.2, -0.15) is 0 Å². The van der Waals surface area contributed by atoms with Crippen LogP contribution < -0.4 is 18.9 Å². The molecule has 0 unspecified atom stereocenters. The first-order valence-electron chi connectivity index (χ1n) is 8.61. The molecule has 3 aromatic rings. The monoisotopic (exact) mass is 411 g/mol. The molecule has 1 aromatic carbocycles. The Morgan fingerprint density at radius 1 is 1.18 bits per heavy atom. The number of rotatable bonds is 4.